The van der Waals surface area contributed by atoms with Crippen molar-refractivity contribution >= 4 is 17.3 Å². The molecule has 0 aliphatic rings. The van der Waals surface area contributed by atoms with Gasteiger partial charge in [0.1, 0.15) is 5.82 Å². The third-order valence-corrected chi connectivity index (χ3v) is 3.97. The van der Waals surface area contributed by atoms with Crippen LogP contribution in [0.2, 0.25) is 5.02 Å². The van der Waals surface area contributed by atoms with Crippen LogP contribution in [0.3, 0.4) is 0 Å². The van der Waals surface area contributed by atoms with E-state index < -0.39 is 6.10 Å². The molecule has 0 radical (unpaired) electrons. The van der Waals surface area contributed by atoms with Gasteiger partial charge in [-0.1, -0.05) is 23.7 Å². The number of benzene rings is 2. The van der Waals surface area contributed by atoms with E-state index in [4.69, 9.17) is 11.6 Å². The van der Waals surface area contributed by atoms with Gasteiger partial charge in [0.05, 0.1) is 12.1 Å². The molecular weight excluding hydrogens is 289 g/mol. The van der Waals surface area contributed by atoms with Gasteiger partial charge in [-0.2, -0.15) is 0 Å². The molecule has 0 aliphatic carbocycles. The van der Waals surface area contributed by atoms with Gasteiger partial charge in [0.2, 0.25) is 0 Å². The summed E-state index contributed by atoms with van der Waals surface area (Å²) >= 11 is 6.03. The van der Waals surface area contributed by atoms with Gasteiger partial charge in [-0.3, -0.25) is 0 Å². The number of hydrogen-bond acceptors (Lipinski definition) is 2. The van der Waals surface area contributed by atoms with Gasteiger partial charge in [-0.05, 0) is 49.7 Å². The number of anilines is 1. The van der Waals surface area contributed by atoms with E-state index >= 15 is 0 Å². The van der Waals surface area contributed by atoms with E-state index in [9.17, 15) is 9.50 Å². The van der Waals surface area contributed by atoms with Crippen molar-refractivity contribution in [1.82, 2.24) is 0 Å². The van der Waals surface area contributed by atoms with Crippen molar-refractivity contribution in [1.29, 1.82) is 0 Å². The summed E-state index contributed by atoms with van der Waals surface area (Å²) in [5.41, 5.74) is 2.44. The lowest BCUT2D eigenvalue weighted by atomic mass is 10.0. The minimum absolute atomic E-state index is 0.0478. The predicted molar refractivity (Wildman–Crippen MR) is 85.3 cm³/mol. The Balaban J connectivity index is 2.37. The normalized spacial score (nSPS) is 13.8. The highest BCUT2D eigenvalue weighted by molar-refractivity contribution is 6.30. The van der Waals surface area contributed by atoms with E-state index in [0.717, 1.165) is 11.3 Å². The first-order valence-electron chi connectivity index (χ1n) is 6.86. The molecule has 0 fully saturated rings. The van der Waals surface area contributed by atoms with Crippen LogP contribution in [-0.4, -0.2) is 12.2 Å². The molecule has 21 heavy (non-hydrogen) atoms. The summed E-state index contributed by atoms with van der Waals surface area (Å²) in [4.78, 5) is 2.01. The van der Waals surface area contributed by atoms with Crippen LogP contribution in [0.1, 0.15) is 37.1 Å². The molecule has 2 unspecified atom stereocenters. The number of hydrogen-bond donors (Lipinski definition) is 1. The zero-order chi connectivity index (χ0) is 15.6. The second kappa shape index (κ2) is 6.46. The minimum Gasteiger partial charge on any atom is -0.389 e. The summed E-state index contributed by atoms with van der Waals surface area (Å²) in [7, 11) is 1.92. The summed E-state index contributed by atoms with van der Waals surface area (Å²) in [6.07, 6.45) is -0.732. The Morgan fingerprint density at radius 2 is 1.86 bits per heavy atom. The fourth-order valence-corrected chi connectivity index (χ4v) is 2.58. The fourth-order valence-electron chi connectivity index (χ4n) is 2.38. The van der Waals surface area contributed by atoms with Crippen molar-refractivity contribution < 1.29 is 9.50 Å². The molecule has 2 nitrogen and oxygen atoms in total. The van der Waals surface area contributed by atoms with E-state index in [2.05, 4.69) is 0 Å². The van der Waals surface area contributed by atoms with Gasteiger partial charge in [0, 0.05) is 23.3 Å². The van der Waals surface area contributed by atoms with Crippen LogP contribution in [-0.2, 0) is 0 Å². The Labute approximate surface area is 129 Å². The zero-order valence-electron chi connectivity index (χ0n) is 12.3. The molecule has 0 aromatic heterocycles. The Kier molecular flexibility index (Phi) is 4.86. The van der Waals surface area contributed by atoms with E-state index in [-0.39, 0.29) is 11.9 Å². The van der Waals surface area contributed by atoms with Gasteiger partial charge >= 0.3 is 0 Å². The highest BCUT2D eigenvalue weighted by Crippen LogP contribution is 2.32. The van der Waals surface area contributed by atoms with Crippen molar-refractivity contribution in [3.8, 4) is 0 Å². The standard InChI is InChI=1S/C17H19ClFNO/c1-11(13-5-4-6-14(18)9-13)20(3)17-8-7-15(19)10-16(17)12(2)21/h4-12,21H,1-3H3. The van der Waals surface area contributed by atoms with Gasteiger partial charge in [0.25, 0.3) is 0 Å². The molecule has 0 amide bonds. The van der Waals surface area contributed by atoms with Crippen LogP contribution in [0.15, 0.2) is 42.5 Å². The number of nitrogens with zero attached hydrogens (tertiary/aromatic N) is 1. The summed E-state index contributed by atoms with van der Waals surface area (Å²) in [5.74, 6) is -0.349. The first kappa shape index (κ1) is 15.8. The lowest BCUT2D eigenvalue weighted by Crippen LogP contribution is -2.23. The van der Waals surface area contributed by atoms with E-state index in [1.807, 2.05) is 43.1 Å². The molecule has 0 saturated heterocycles. The quantitative estimate of drug-likeness (QED) is 0.882. The lowest BCUT2D eigenvalue weighted by molar-refractivity contribution is 0.199. The molecule has 2 aromatic carbocycles. The van der Waals surface area contributed by atoms with Crippen LogP contribution in [0, 0.1) is 5.82 Å². The molecule has 2 atom stereocenters. The van der Waals surface area contributed by atoms with Crippen LogP contribution in [0.4, 0.5) is 10.1 Å². The molecule has 0 bridgehead atoms. The van der Waals surface area contributed by atoms with Crippen LogP contribution in [0.25, 0.3) is 0 Å². The molecular formula is C17H19ClFNO. The number of rotatable bonds is 4. The number of aliphatic hydroxyl groups is 1. The van der Waals surface area contributed by atoms with Gasteiger partial charge in [0.15, 0.2) is 0 Å². The molecule has 0 saturated carbocycles. The summed E-state index contributed by atoms with van der Waals surface area (Å²) in [5, 5.41) is 10.5. The largest absolute Gasteiger partial charge is 0.389 e. The van der Waals surface area contributed by atoms with Gasteiger partial charge in [-0.15, -0.1) is 0 Å². The first-order valence-corrected chi connectivity index (χ1v) is 7.23. The average molecular weight is 308 g/mol. The topological polar surface area (TPSA) is 23.5 Å². The average Bonchev–Trinajstić information content (AvgIpc) is 2.45. The van der Waals surface area contributed by atoms with Crippen molar-refractivity contribution in [2.24, 2.45) is 0 Å². The maximum Gasteiger partial charge on any atom is 0.123 e. The second-order valence-electron chi connectivity index (χ2n) is 5.22. The Morgan fingerprint density at radius 3 is 2.48 bits per heavy atom. The molecule has 1 N–H and O–H groups in total. The van der Waals surface area contributed by atoms with E-state index in [1.165, 1.54) is 12.1 Å². The van der Waals surface area contributed by atoms with Crippen molar-refractivity contribution in [3.63, 3.8) is 0 Å². The molecule has 2 aromatic rings. The maximum atomic E-state index is 13.4. The highest BCUT2D eigenvalue weighted by atomic mass is 35.5. The number of aliphatic hydroxyl groups excluding tert-OH is 1. The van der Waals surface area contributed by atoms with Crippen LogP contribution >= 0.6 is 11.6 Å². The number of halogens is 2. The van der Waals surface area contributed by atoms with E-state index in [0.29, 0.717) is 10.6 Å². The molecule has 0 spiro atoms. The molecule has 4 heteroatoms. The SMILES string of the molecule is CC(O)c1cc(F)ccc1N(C)C(C)c1cccc(Cl)c1. The van der Waals surface area contributed by atoms with Crippen LogP contribution in [0.5, 0.6) is 0 Å². The predicted octanol–water partition coefficient (Wildman–Crippen LogP) is 4.73. The lowest BCUT2D eigenvalue weighted by Gasteiger charge is -2.30. The van der Waals surface area contributed by atoms with Gasteiger partial charge < -0.3 is 10.0 Å². The van der Waals surface area contributed by atoms with Crippen molar-refractivity contribution in [2.45, 2.75) is 26.0 Å². The van der Waals surface area contributed by atoms with Gasteiger partial charge in [-0.25, -0.2) is 4.39 Å². The highest BCUT2D eigenvalue weighted by Gasteiger charge is 2.18. The third kappa shape index (κ3) is 3.55. The summed E-state index contributed by atoms with van der Waals surface area (Å²) in [6, 6.07) is 12.2. The Hall–Kier alpha value is -1.58. The zero-order valence-corrected chi connectivity index (χ0v) is 13.1. The molecule has 0 aliphatic heterocycles. The molecule has 112 valence electrons. The Bertz CT molecular complexity index is 630. The third-order valence-electron chi connectivity index (χ3n) is 3.73. The smallest absolute Gasteiger partial charge is 0.123 e. The minimum atomic E-state index is -0.732. The summed E-state index contributed by atoms with van der Waals surface area (Å²) < 4.78 is 13.4. The second-order valence-corrected chi connectivity index (χ2v) is 5.66. The summed E-state index contributed by atoms with van der Waals surface area (Å²) in [6.45, 7) is 3.68. The van der Waals surface area contributed by atoms with Crippen LogP contribution < -0.4 is 4.90 Å². The van der Waals surface area contributed by atoms with Crippen molar-refractivity contribution in [3.05, 3.63) is 64.4 Å². The first-order chi connectivity index (χ1) is 9.90. The maximum absolute atomic E-state index is 13.4. The van der Waals surface area contributed by atoms with E-state index in [1.54, 1.807) is 13.0 Å². The fraction of sp³-hybridized carbons (Fsp3) is 0.294. The monoisotopic (exact) mass is 307 g/mol. The van der Waals surface area contributed by atoms with Crippen molar-refractivity contribution in [2.75, 3.05) is 11.9 Å². The molecule has 2 rings (SSSR count). The Morgan fingerprint density at radius 1 is 1.14 bits per heavy atom. The molecule has 0 heterocycles.